The van der Waals surface area contributed by atoms with Gasteiger partial charge in [0.2, 0.25) is 5.82 Å². The topological polar surface area (TPSA) is 85.1 Å². The molecule has 0 unspecified atom stereocenters. The minimum atomic E-state index is -0.649. The number of aromatic nitrogens is 1. The normalized spacial score (nSPS) is 10.2. The molecule has 2 rings (SSSR count). The standard InChI is InChI=1S/C13H9Cl2N3O3/c1-7-2-3-8(14)6-9(7)13(19)17-12-10(18(20)21)4-5-11(15)16-12/h2-6H,1H3,(H,16,17,19). The van der Waals surface area contributed by atoms with Crippen LogP contribution in [0.3, 0.4) is 0 Å². The number of nitro groups is 1. The molecule has 2 aromatic rings. The molecule has 0 saturated carbocycles. The highest BCUT2D eigenvalue weighted by atomic mass is 35.5. The van der Waals surface area contributed by atoms with Gasteiger partial charge in [-0.2, -0.15) is 0 Å². The van der Waals surface area contributed by atoms with Crippen molar-refractivity contribution in [3.8, 4) is 0 Å². The van der Waals surface area contributed by atoms with Crippen LogP contribution in [0.1, 0.15) is 15.9 Å². The van der Waals surface area contributed by atoms with Crippen molar-refractivity contribution in [3.63, 3.8) is 0 Å². The maximum atomic E-state index is 12.2. The van der Waals surface area contributed by atoms with Gasteiger partial charge in [0.15, 0.2) is 0 Å². The van der Waals surface area contributed by atoms with Crippen LogP contribution in [-0.2, 0) is 0 Å². The molecule has 1 N–H and O–H groups in total. The molecule has 0 bridgehead atoms. The lowest BCUT2D eigenvalue weighted by Gasteiger charge is -2.08. The molecule has 1 aromatic heterocycles. The van der Waals surface area contributed by atoms with E-state index in [2.05, 4.69) is 10.3 Å². The Morgan fingerprint density at radius 1 is 1.29 bits per heavy atom. The molecule has 0 fully saturated rings. The third-order valence-electron chi connectivity index (χ3n) is 2.71. The largest absolute Gasteiger partial charge is 0.311 e. The molecule has 6 nitrogen and oxygen atoms in total. The van der Waals surface area contributed by atoms with Crippen LogP contribution < -0.4 is 5.32 Å². The molecule has 0 atom stereocenters. The van der Waals surface area contributed by atoms with Crippen LogP contribution in [0.2, 0.25) is 10.2 Å². The second-order valence-electron chi connectivity index (χ2n) is 4.17. The summed E-state index contributed by atoms with van der Waals surface area (Å²) in [7, 11) is 0. The van der Waals surface area contributed by atoms with Crippen molar-refractivity contribution in [1.82, 2.24) is 4.98 Å². The van der Waals surface area contributed by atoms with Gasteiger partial charge in [-0.25, -0.2) is 4.98 Å². The first-order chi connectivity index (χ1) is 9.88. The summed E-state index contributed by atoms with van der Waals surface area (Å²) < 4.78 is 0. The maximum Gasteiger partial charge on any atom is 0.311 e. The van der Waals surface area contributed by atoms with Gasteiger partial charge in [-0.05, 0) is 30.7 Å². The van der Waals surface area contributed by atoms with Gasteiger partial charge in [0, 0.05) is 16.7 Å². The van der Waals surface area contributed by atoms with Crippen LogP contribution >= 0.6 is 23.2 Å². The number of nitrogens with one attached hydrogen (secondary N) is 1. The number of halogens is 2. The summed E-state index contributed by atoms with van der Waals surface area (Å²) in [6, 6.07) is 7.25. The van der Waals surface area contributed by atoms with E-state index in [9.17, 15) is 14.9 Å². The van der Waals surface area contributed by atoms with Gasteiger partial charge in [-0.15, -0.1) is 0 Å². The van der Waals surface area contributed by atoms with Crippen molar-refractivity contribution >= 4 is 40.6 Å². The predicted molar refractivity (Wildman–Crippen MR) is 80.0 cm³/mol. The van der Waals surface area contributed by atoms with Crippen LogP contribution in [0.15, 0.2) is 30.3 Å². The Balaban J connectivity index is 2.38. The number of amides is 1. The third-order valence-corrected chi connectivity index (χ3v) is 3.16. The quantitative estimate of drug-likeness (QED) is 0.527. The molecule has 21 heavy (non-hydrogen) atoms. The van der Waals surface area contributed by atoms with E-state index >= 15 is 0 Å². The number of carbonyl (C=O) groups is 1. The Morgan fingerprint density at radius 3 is 2.67 bits per heavy atom. The summed E-state index contributed by atoms with van der Waals surface area (Å²) in [4.78, 5) is 26.2. The SMILES string of the molecule is Cc1ccc(Cl)cc1C(=O)Nc1nc(Cl)ccc1[N+](=O)[O-]. The highest BCUT2D eigenvalue weighted by Gasteiger charge is 2.19. The lowest BCUT2D eigenvalue weighted by Crippen LogP contribution is -2.15. The summed E-state index contributed by atoms with van der Waals surface area (Å²) in [5, 5.41) is 13.7. The van der Waals surface area contributed by atoms with Gasteiger partial charge < -0.3 is 5.32 Å². The minimum Gasteiger partial charge on any atom is -0.301 e. The molecule has 0 aliphatic carbocycles. The Hall–Kier alpha value is -2.18. The fraction of sp³-hybridized carbons (Fsp3) is 0.0769. The van der Waals surface area contributed by atoms with Crippen molar-refractivity contribution in [3.05, 3.63) is 61.7 Å². The first-order valence-corrected chi connectivity index (χ1v) is 6.52. The number of aryl methyl sites for hydroxylation is 1. The van der Waals surface area contributed by atoms with Crippen molar-refractivity contribution in [2.45, 2.75) is 6.92 Å². The van der Waals surface area contributed by atoms with Gasteiger partial charge in [0.25, 0.3) is 5.91 Å². The van der Waals surface area contributed by atoms with E-state index in [0.29, 0.717) is 16.1 Å². The molecule has 0 saturated heterocycles. The molecule has 1 heterocycles. The predicted octanol–water partition coefficient (Wildman–Crippen LogP) is 3.86. The summed E-state index contributed by atoms with van der Waals surface area (Å²) in [5.41, 5.74) is 0.646. The van der Waals surface area contributed by atoms with E-state index < -0.39 is 10.8 Å². The maximum absolute atomic E-state index is 12.2. The fourth-order valence-electron chi connectivity index (χ4n) is 1.68. The van der Waals surface area contributed by atoms with Crippen molar-refractivity contribution < 1.29 is 9.72 Å². The average Bonchev–Trinajstić information content (AvgIpc) is 2.41. The van der Waals surface area contributed by atoms with Gasteiger partial charge in [0.05, 0.1) is 4.92 Å². The Labute approximate surface area is 129 Å². The van der Waals surface area contributed by atoms with Gasteiger partial charge in [-0.3, -0.25) is 14.9 Å². The number of pyridine rings is 1. The molecule has 8 heteroatoms. The van der Waals surface area contributed by atoms with Crippen LogP contribution in [0.5, 0.6) is 0 Å². The van der Waals surface area contributed by atoms with Crippen molar-refractivity contribution in [2.24, 2.45) is 0 Å². The van der Waals surface area contributed by atoms with Crippen LogP contribution in [0.4, 0.5) is 11.5 Å². The summed E-state index contributed by atoms with van der Waals surface area (Å²) in [6.07, 6.45) is 0. The summed E-state index contributed by atoms with van der Waals surface area (Å²) in [6.45, 7) is 1.73. The zero-order valence-corrected chi connectivity index (χ0v) is 12.3. The number of benzene rings is 1. The number of anilines is 1. The third kappa shape index (κ3) is 3.48. The van der Waals surface area contributed by atoms with Gasteiger partial charge in [-0.1, -0.05) is 29.3 Å². The second-order valence-corrected chi connectivity index (χ2v) is 5.00. The molecule has 0 aliphatic heterocycles. The van der Waals surface area contributed by atoms with Crippen molar-refractivity contribution in [1.29, 1.82) is 0 Å². The molecule has 1 amide bonds. The van der Waals surface area contributed by atoms with E-state index in [-0.39, 0.29) is 16.7 Å². The van der Waals surface area contributed by atoms with Crippen molar-refractivity contribution in [2.75, 3.05) is 5.32 Å². The molecule has 0 spiro atoms. The van der Waals surface area contributed by atoms with E-state index in [1.165, 1.54) is 18.2 Å². The van der Waals surface area contributed by atoms with E-state index in [0.717, 1.165) is 0 Å². The van der Waals surface area contributed by atoms with E-state index in [1.807, 2.05) is 0 Å². The second kappa shape index (κ2) is 6.07. The minimum absolute atomic E-state index is 0.0405. The first-order valence-electron chi connectivity index (χ1n) is 5.77. The molecule has 1 aromatic carbocycles. The zero-order chi connectivity index (χ0) is 15.6. The van der Waals surface area contributed by atoms with Gasteiger partial charge >= 0.3 is 5.69 Å². The first kappa shape index (κ1) is 15.2. The Bertz CT molecular complexity index is 735. The Kier molecular flexibility index (Phi) is 4.40. The Morgan fingerprint density at radius 2 is 2.00 bits per heavy atom. The molecular weight excluding hydrogens is 317 g/mol. The van der Waals surface area contributed by atoms with Crippen LogP contribution in [0.25, 0.3) is 0 Å². The number of hydrogen-bond acceptors (Lipinski definition) is 4. The van der Waals surface area contributed by atoms with Crippen LogP contribution in [-0.4, -0.2) is 15.8 Å². The smallest absolute Gasteiger partial charge is 0.301 e. The lowest BCUT2D eigenvalue weighted by atomic mass is 10.1. The number of carbonyl (C=O) groups excluding carboxylic acids is 1. The van der Waals surface area contributed by atoms with Gasteiger partial charge in [0.1, 0.15) is 5.15 Å². The van der Waals surface area contributed by atoms with E-state index in [4.69, 9.17) is 23.2 Å². The highest BCUT2D eigenvalue weighted by Crippen LogP contribution is 2.25. The van der Waals surface area contributed by atoms with E-state index in [1.54, 1.807) is 19.1 Å². The van der Waals surface area contributed by atoms with Crippen LogP contribution in [0, 0.1) is 17.0 Å². The highest BCUT2D eigenvalue weighted by molar-refractivity contribution is 6.31. The fourth-order valence-corrected chi connectivity index (χ4v) is 2.00. The summed E-state index contributed by atoms with van der Waals surface area (Å²) in [5.74, 6) is -0.759. The monoisotopic (exact) mass is 325 g/mol. The number of rotatable bonds is 3. The summed E-state index contributed by atoms with van der Waals surface area (Å²) >= 11 is 11.5. The molecule has 108 valence electrons. The molecule has 0 aliphatic rings. The average molecular weight is 326 g/mol. The molecule has 0 radical (unpaired) electrons. The zero-order valence-electron chi connectivity index (χ0n) is 10.8. The number of nitrogens with zero attached hydrogens (tertiary/aromatic N) is 2. The lowest BCUT2D eigenvalue weighted by molar-refractivity contribution is -0.384. The molecular formula is C13H9Cl2N3O3. The number of hydrogen-bond donors (Lipinski definition) is 1.